The number of nitrogens with one attached hydrogen (secondary N) is 1. The van der Waals surface area contributed by atoms with E-state index in [1.54, 1.807) is 0 Å². The van der Waals surface area contributed by atoms with Crippen molar-refractivity contribution in [2.75, 3.05) is 26.2 Å². The normalized spacial score (nSPS) is 28.6. The first-order chi connectivity index (χ1) is 9.10. The van der Waals surface area contributed by atoms with Crippen LogP contribution in [0.1, 0.15) is 40.0 Å². The zero-order valence-electron chi connectivity index (χ0n) is 12.5. The molecule has 1 aliphatic heterocycles. The van der Waals surface area contributed by atoms with Gasteiger partial charge in [0.1, 0.15) is 6.04 Å². The summed E-state index contributed by atoms with van der Waals surface area (Å²) in [5.74, 6) is 1.65. The number of ether oxygens (including phenoxy) is 1. The molecule has 2 aliphatic rings. The van der Waals surface area contributed by atoms with Crippen LogP contribution in [0.3, 0.4) is 0 Å². The van der Waals surface area contributed by atoms with E-state index in [0.717, 1.165) is 18.4 Å². The number of fused-ring (bicyclic) bond motifs is 1. The zero-order chi connectivity index (χ0) is 13.8. The van der Waals surface area contributed by atoms with Gasteiger partial charge in [-0.1, -0.05) is 20.3 Å². The van der Waals surface area contributed by atoms with Crippen molar-refractivity contribution in [1.82, 2.24) is 10.2 Å². The molecule has 1 heterocycles. The van der Waals surface area contributed by atoms with Gasteiger partial charge in [-0.05, 0) is 31.6 Å². The third-order valence-corrected chi connectivity index (χ3v) is 4.35. The fourth-order valence-corrected chi connectivity index (χ4v) is 3.58. The summed E-state index contributed by atoms with van der Waals surface area (Å²) in [5, 5.41) is 3.34. The van der Waals surface area contributed by atoms with Gasteiger partial charge in [0.25, 0.3) is 0 Å². The lowest BCUT2D eigenvalue weighted by Crippen LogP contribution is -2.49. The number of hydrogen-bond acceptors (Lipinski definition) is 4. The van der Waals surface area contributed by atoms with Gasteiger partial charge in [-0.15, -0.1) is 0 Å². The minimum absolute atomic E-state index is 0.103. The molecule has 3 unspecified atom stereocenters. The minimum Gasteiger partial charge on any atom is -0.465 e. The van der Waals surface area contributed by atoms with Crippen LogP contribution < -0.4 is 5.32 Å². The summed E-state index contributed by atoms with van der Waals surface area (Å²) < 4.78 is 5.18. The smallest absolute Gasteiger partial charge is 0.324 e. The SMILES string of the molecule is CCOC(=O)C(CN1CC2CCCC2C1)NC(C)C. The third kappa shape index (κ3) is 3.93. The van der Waals surface area contributed by atoms with Crippen molar-refractivity contribution in [2.45, 2.75) is 52.1 Å². The molecule has 1 aliphatic carbocycles. The Kier molecular flexibility index (Phi) is 5.22. The van der Waals surface area contributed by atoms with Crippen LogP contribution in [0.4, 0.5) is 0 Å². The number of carbonyl (C=O) groups excluding carboxylic acids is 1. The van der Waals surface area contributed by atoms with E-state index in [2.05, 4.69) is 24.1 Å². The summed E-state index contributed by atoms with van der Waals surface area (Å²) in [5.41, 5.74) is 0. The van der Waals surface area contributed by atoms with Gasteiger partial charge < -0.3 is 15.0 Å². The number of carbonyl (C=O) groups is 1. The third-order valence-electron chi connectivity index (χ3n) is 4.35. The molecule has 3 atom stereocenters. The zero-order valence-corrected chi connectivity index (χ0v) is 12.5. The molecule has 0 bridgehead atoms. The molecule has 1 N–H and O–H groups in total. The van der Waals surface area contributed by atoms with Crippen molar-refractivity contribution in [2.24, 2.45) is 11.8 Å². The monoisotopic (exact) mass is 268 g/mol. The van der Waals surface area contributed by atoms with Crippen molar-refractivity contribution >= 4 is 5.97 Å². The molecular formula is C15H28N2O2. The second-order valence-electron chi connectivity index (χ2n) is 6.30. The quantitative estimate of drug-likeness (QED) is 0.744. The Morgan fingerprint density at radius 1 is 1.32 bits per heavy atom. The van der Waals surface area contributed by atoms with Crippen LogP contribution in [-0.2, 0) is 9.53 Å². The highest BCUT2D eigenvalue weighted by Crippen LogP contribution is 2.37. The molecule has 4 heteroatoms. The van der Waals surface area contributed by atoms with Crippen molar-refractivity contribution in [3.8, 4) is 0 Å². The standard InChI is InChI=1S/C15H28N2O2/c1-4-19-15(18)14(16-11(2)3)10-17-8-12-6-5-7-13(12)9-17/h11-14,16H,4-10H2,1-3H3. The molecule has 4 nitrogen and oxygen atoms in total. The lowest BCUT2D eigenvalue weighted by Gasteiger charge is -2.25. The van der Waals surface area contributed by atoms with Gasteiger partial charge in [0.05, 0.1) is 6.61 Å². The molecule has 0 aromatic rings. The summed E-state index contributed by atoms with van der Waals surface area (Å²) in [6, 6.07) is 0.121. The second kappa shape index (κ2) is 6.71. The molecule has 1 saturated heterocycles. The average Bonchev–Trinajstić information content (AvgIpc) is 2.88. The largest absolute Gasteiger partial charge is 0.465 e. The highest BCUT2D eigenvalue weighted by Gasteiger charge is 2.37. The van der Waals surface area contributed by atoms with Crippen molar-refractivity contribution in [1.29, 1.82) is 0 Å². The number of likely N-dealkylation sites (tertiary alicyclic amines) is 1. The van der Waals surface area contributed by atoms with Gasteiger partial charge in [0.2, 0.25) is 0 Å². The minimum atomic E-state index is -0.182. The number of hydrogen-bond donors (Lipinski definition) is 1. The predicted octanol–water partition coefficient (Wildman–Crippen LogP) is 1.65. The maximum absolute atomic E-state index is 12.0. The Morgan fingerprint density at radius 2 is 1.95 bits per heavy atom. The van der Waals surface area contributed by atoms with E-state index in [9.17, 15) is 4.79 Å². The van der Waals surface area contributed by atoms with Crippen LogP contribution in [0.25, 0.3) is 0 Å². The highest BCUT2D eigenvalue weighted by molar-refractivity contribution is 5.76. The molecule has 0 radical (unpaired) electrons. The highest BCUT2D eigenvalue weighted by atomic mass is 16.5. The number of nitrogens with zero attached hydrogens (tertiary/aromatic N) is 1. The van der Waals surface area contributed by atoms with Crippen molar-refractivity contribution in [3.05, 3.63) is 0 Å². The molecule has 2 rings (SSSR count). The van der Waals surface area contributed by atoms with Crippen LogP contribution in [0, 0.1) is 11.8 Å². The molecule has 0 amide bonds. The first-order valence-corrected chi connectivity index (χ1v) is 7.75. The molecule has 0 spiro atoms. The molecule has 19 heavy (non-hydrogen) atoms. The summed E-state index contributed by atoms with van der Waals surface area (Å²) in [6.07, 6.45) is 4.15. The van der Waals surface area contributed by atoms with E-state index in [4.69, 9.17) is 4.74 Å². The average molecular weight is 268 g/mol. The maximum atomic E-state index is 12.0. The Balaban J connectivity index is 1.87. The molecule has 0 aromatic heterocycles. The Morgan fingerprint density at radius 3 is 2.47 bits per heavy atom. The Labute approximate surface area is 116 Å². The fraction of sp³-hybridized carbons (Fsp3) is 0.933. The van der Waals surface area contributed by atoms with E-state index in [0.29, 0.717) is 12.6 Å². The molecule has 110 valence electrons. The number of esters is 1. The van der Waals surface area contributed by atoms with Crippen LogP contribution in [0.5, 0.6) is 0 Å². The van der Waals surface area contributed by atoms with Crippen molar-refractivity contribution in [3.63, 3.8) is 0 Å². The van der Waals surface area contributed by atoms with Crippen LogP contribution >= 0.6 is 0 Å². The van der Waals surface area contributed by atoms with Gasteiger partial charge in [0.15, 0.2) is 0 Å². The summed E-state index contributed by atoms with van der Waals surface area (Å²) in [6.45, 7) is 9.60. The summed E-state index contributed by atoms with van der Waals surface area (Å²) >= 11 is 0. The van der Waals surface area contributed by atoms with E-state index in [1.807, 2.05) is 6.92 Å². The topological polar surface area (TPSA) is 41.6 Å². The molecular weight excluding hydrogens is 240 g/mol. The van der Waals surface area contributed by atoms with Crippen molar-refractivity contribution < 1.29 is 9.53 Å². The fourth-order valence-electron chi connectivity index (χ4n) is 3.58. The first-order valence-electron chi connectivity index (χ1n) is 7.75. The predicted molar refractivity (Wildman–Crippen MR) is 76.0 cm³/mol. The molecule has 1 saturated carbocycles. The first kappa shape index (κ1) is 14.8. The van der Waals surface area contributed by atoms with Gasteiger partial charge >= 0.3 is 5.97 Å². The van der Waals surface area contributed by atoms with E-state index in [1.165, 1.54) is 32.4 Å². The van der Waals surface area contributed by atoms with Gasteiger partial charge in [-0.25, -0.2) is 0 Å². The summed E-state index contributed by atoms with van der Waals surface area (Å²) in [4.78, 5) is 14.5. The second-order valence-corrected chi connectivity index (χ2v) is 6.30. The number of rotatable bonds is 6. The van der Waals surface area contributed by atoms with Gasteiger partial charge in [-0.2, -0.15) is 0 Å². The Bertz CT molecular complexity index is 295. The molecule has 2 fully saturated rings. The van der Waals surface area contributed by atoms with E-state index >= 15 is 0 Å². The van der Waals surface area contributed by atoms with Crippen LogP contribution in [0.2, 0.25) is 0 Å². The van der Waals surface area contributed by atoms with Crippen LogP contribution in [-0.4, -0.2) is 49.2 Å². The lowest BCUT2D eigenvalue weighted by molar-refractivity contribution is -0.146. The van der Waals surface area contributed by atoms with Gasteiger partial charge in [0, 0.05) is 25.7 Å². The summed E-state index contributed by atoms with van der Waals surface area (Å²) in [7, 11) is 0. The lowest BCUT2D eigenvalue weighted by atomic mass is 10.0. The van der Waals surface area contributed by atoms with Crippen LogP contribution in [0.15, 0.2) is 0 Å². The van der Waals surface area contributed by atoms with E-state index < -0.39 is 0 Å². The maximum Gasteiger partial charge on any atom is 0.324 e. The van der Waals surface area contributed by atoms with E-state index in [-0.39, 0.29) is 12.0 Å². The van der Waals surface area contributed by atoms with Gasteiger partial charge in [-0.3, -0.25) is 4.79 Å². The molecule has 0 aromatic carbocycles. The Hall–Kier alpha value is -0.610.